The number of para-hydroxylation sites is 3. The second kappa shape index (κ2) is 10.0. The van der Waals surface area contributed by atoms with Crippen LogP contribution in [-0.2, 0) is 10.8 Å². The molecule has 0 atom stereocenters. The Morgan fingerprint density at radius 1 is 0.469 bits per heavy atom. The molecule has 0 saturated carbocycles. The number of fused-ring (bicyclic) bond motifs is 12. The Morgan fingerprint density at radius 2 is 1.06 bits per heavy atom. The predicted octanol–water partition coefficient (Wildman–Crippen LogP) is 11.8. The van der Waals surface area contributed by atoms with Crippen LogP contribution in [0.1, 0.15) is 52.8 Å². The lowest BCUT2D eigenvalue weighted by Gasteiger charge is -2.45. The summed E-state index contributed by atoms with van der Waals surface area (Å²) in [5.74, 6) is 0. The molecular weight excluding hydrogens is 593 g/mol. The van der Waals surface area contributed by atoms with Gasteiger partial charge in [-0.3, -0.25) is 0 Å². The summed E-state index contributed by atoms with van der Waals surface area (Å²) in [5, 5.41) is 8.57. The minimum atomic E-state index is -0.539. The standard InChI is InChI=1S/C47H34N2/c1-46(2)37-17-7-6-16-34(37)35-25-23-31(28-42(35)46)30-24-26-38-36(27-30)45-32(29-48)13-12-20-41(45)47(38)39-18-8-10-21-43(39)49(33-14-4-3-5-15-33)44-22-11-9-19-40(44)47/h3-29,48H,1-2H3. The van der Waals surface area contributed by atoms with E-state index in [4.69, 9.17) is 5.41 Å². The lowest BCUT2D eigenvalue weighted by atomic mass is 9.64. The number of anilines is 3. The summed E-state index contributed by atoms with van der Waals surface area (Å²) in [4.78, 5) is 2.41. The van der Waals surface area contributed by atoms with E-state index in [0.29, 0.717) is 0 Å². The van der Waals surface area contributed by atoms with E-state index in [9.17, 15) is 0 Å². The maximum Gasteiger partial charge on any atom is 0.0754 e. The van der Waals surface area contributed by atoms with E-state index in [-0.39, 0.29) is 5.41 Å². The molecule has 0 unspecified atom stereocenters. The first-order valence-corrected chi connectivity index (χ1v) is 17.1. The Balaban J connectivity index is 1.24. The summed E-state index contributed by atoms with van der Waals surface area (Å²) in [6, 6.07) is 57.9. The van der Waals surface area contributed by atoms with Gasteiger partial charge < -0.3 is 10.3 Å². The highest BCUT2D eigenvalue weighted by Crippen LogP contribution is 2.64. The van der Waals surface area contributed by atoms with Crippen molar-refractivity contribution in [2.75, 3.05) is 4.90 Å². The normalized spacial score (nSPS) is 15.1. The molecule has 7 aromatic rings. The van der Waals surface area contributed by atoms with Crippen molar-refractivity contribution in [1.29, 1.82) is 5.41 Å². The smallest absolute Gasteiger partial charge is 0.0754 e. The first kappa shape index (κ1) is 28.1. The van der Waals surface area contributed by atoms with Gasteiger partial charge in [-0.2, -0.15) is 0 Å². The monoisotopic (exact) mass is 626 g/mol. The van der Waals surface area contributed by atoms with Crippen molar-refractivity contribution < 1.29 is 0 Å². The minimum absolute atomic E-state index is 0.0667. The van der Waals surface area contributed by atoms with Crippen molar-refractivity contribution in [1.82, 2.24) is 0 Å². The van der Waals surface area contributed by atoms with Crippen LogP contribution < -0.4 is 4.90 Å². The Kier molecular flexibility index (Phi) is 5.73. The van der Waals surface area contributed by atoms with Crippen molar-refractivity contribution >= 4 is 23.3 Å². The number of rotatable bonds is 3. The van der Waals surface area contributed by atoms with Gasteiger partial charge >= 0.3 is 0 Å². The molecule has 2 aliphatic carbocycles. The van der Waals surface area contributed by atoms with E-state index < -0.39 is 5.41 Å². The number of hydrogen-bond donors (Lipinski definition) is 1. The van der Waals surface area contributed by atoms with Crippen LogP contribution in [-0.4, -0.2) is 6.21 Å². The van der Waals surface area contributed by atoms with Gasteiger partial charge in [-0.05, 0) is 103 Å². The minimum Gasteiger partial charge on any atom is -0.310 e. The molecule has 0 saturated heterocycles. The molecule has 0 bridgehead atoms. The Hall–Kier alpha value is -5.99. The summed E-state index contributed by atoms with van der Waals surface area (Å²) in [5.41, 5.74) is 19.0. The van der Waals surface area contributed by atoms with Crippen LogP contribution in [0.15, 0.2) is 158 Å². The second-order valence-electron chi connectivity index (χ2n) is 14.1. The summed E-state index contributed by atoms with van der Waals surface area (Å²) in [6.07, 6.45) is 1.53. The number of nitrogens with one attached hydrogen (secondary N) is 1. The highest BCUT2D eigenvalue weighted by molar-refractivity contribution is 6.01. The molecule has 1 aliphatic heterocycles. The number of benzene rings is 7. The van der Waals surface area contributed by atoms with Crippen molar-refractivity contribution in [3.8, 4) is 33.4 Å². The summed E-state index contributed by atoms with van der Waals surface area (Å²) >= 11 is 0. The van der Waals surface area contributed by atoms with Gasteiger partial charge in [0.05, 0.1) is 16.8 Å². The first-order chi connectivity index (χ1) is 24.0. The molecule has 1 spiro atoms. The Bertz CT molecular complexity index is 2460. The highest BCUT2D eigenvalue weighted by atomic mass is 15.2. The third kappa shape index (κ3) is 3.58. The summed E-state index contributed by atoms with van der Waals surface area (Å²) < 4.78 is 0. The van der Waals surface area contributed by atoms with Gasteiger partial charge in [0.2, 0.25) is 0 Å². The summed E-state index contributed by atoms with van der Waals surface area (Å²) in [6.45, 7) is 4.69. The van der Waals surface area contributed by atoms with Gasteiger partial charge in [0, 0.05) is 22.9 Å². The predicted molar refractivity (Wildman–Crippen MR) is 203 cm³/mol. The van der Waals surface area contributed by atoms with E-state index in [1.165, 1.54) is 78.8 Å². The Labute approximate surface area is 287 Å². The molecule has 0 aromatic heterocycles. The molecule has 2 nitrogen and oxygen atoms in total. The van der Waals surface area contributed by atoms with E-state index in [1.807, 2.05) is 0 Å². The van der Waals surface area contributed by atoms with E-state index in [2.05, 4.69) is 176 Å². The average Bonchev–Trinajstić information content (AvgIpc) is 3.58. The zero-order valence-corrected chi connectivity index (χ0v) is 27.5. The fraction of sp³-hybridized carbons (Fsp3) is 0.0851. The molecule has 0 radical (unpaired) electrons. The molecule has 7 aromatic carbocycles. The van der Waals surface area contributed by atoms with Crippen LogP contribution in [0.25, 0.3) is 33.4 Å². The van der Waals surface area contributed by atoms with Gasteiger partial charge in [0.15, 0.2) is 0 Å². The lowest BCUT2D eigenvalue weighted by molar-refractivity contribution is 0.660. The Morgan fingerprint density at radius 3 is 1.80 bits per heavy atom. The van der Waals surface area contributed by atoms with E-state index in [1.54, 1.807) is 0 Å². The molecule has 1 N–H and O–H groups in total. The second-order valence-corrected chi connectivity index (χ2v) is 14.1. The molecule has 49 heavy (non-hydrogen) atoms. The third-order valence-corrected chi connectivity index (χ3v) is 11.4. The molecule has 3 aliphatic rings. The van der Waals surface area contributed by atoms with Gasteiger partial charge in [0.1, 0.15) is 0 Å². The highest BCUT2D eigenvalue weighted by Gasteiger charge is 2.52. The van der Waals surface area contributed by atoms with Crippen molar-refractivity contribution in [3.05, 3.63) is 197 Å². The number of nitrogens with zero attached hydrogens (tertiary/aromatic N) is 1. The van der Waals surface area contributed by atoms with Crippen LogP contribution in [0, 0.1) is 5.41 Å². The SMILES string of the molecule is CC1(C)c2ccccc2-c2ccc(-c3ccc4c(c3)-c3c(C=N)cccc3C43c4ccccc4N(c4ccccc4)c4ccccc43)cc21. The van der Waals surface area contributed by atoms with Crippen molar-refractivity contribution in [2.45, 2.75) is 24.7 Å². The molecular formula is C47H34N2. The molecule has 0 amide bonds. The van der Waals surface area contributed by atoms with E-state index >= 15 is 0 Å². The van der Waals surface area contributed by atoms with Gasteiger partial charge in [-0.1, -0.05) is 135 Å². The molecule has 232 valence electrons. The maximum absolute atomic E-state index is 8.57. The zero-order chi connectivity index (χ0) is 32.9. The van der Waals surface area contributed by atoms with Crippen LogP contribution >= 0.6 is 0 Å². The summed E-state index contributed by atoms with van der Waals surface area (Å²) in [7, 11) is 0. The van der Waals surface area contributed by atoms with Crippen LogP contribution in [0.2, 0.25) is 0 Å². The molecule has 1 heterocycles. The van der Waals surface area contributed by atoms with E-state index in [0.717, 1.165) is 16.8 Å². The fourth-order valence-electron chi connectivity index (χ4n) is 9.27. The lowest BCUT2D eigenvalue weighted by Crippen LogP contribution is -2.36. The van der Waals surface area contributed by atoms with Gasteiger partial charge in [-0.15, -0.1) is 0 Å². The molecule has 0 fully saturated rings. The van der Waals surface area contributed by atoms with Crippen LogP contribution in [0.4, 0.5) is 17.1 Å². The topological polar surface area (TPSA) is 27.1 Å². The van der Waals surface area contributed by atoms with Gasteiger partial charge in [-0.25, -0.2) is 0 Å². The van der Waals surface area contributed by atoms with Gasteiger partial charge in [0.25, 0.3) is 0 Å². The fourth-order valence-corrected chi connectivity index (χ4v) is 9.27. The van der Waals surface area contributed by atoms with Crippen molar-refractivity contribution in [3.63, 3.8) is 0 Å². The third-order valence-electron chi connectivity index (χ3n) is 11.4. The zero-order valence-electron chi connectivity index (χ0n) is 27.5. The average molecular weight is 627 g/mol. The van der Waals surface area contributed by atoms with Crippen molar-refractivity contribution in [2.24, 2.45) is 0 Å². The molecule has 2 heteroatoms. The largest absolute Gasteiger partial charge is 0.310 e. The first-order valence-electron chi connectivity index (χ1n) is 17.1. The number of hydrogen-bond acceptors (Lipinski definition) is 2. The quantitative estimate of drug-likeness (QED) is 0.194. The van der Waals surface area contributed by atoms with Crippen LogP contribution in [0.3, 0.4) is 0 Å². The maximum atomic E-state index is 8.57. The molecule has 10 rings (SSSR count). The van der Waals surface area contributed by atoms with Crippen LogP contribution in [0.5, 0.6) is 0 Å².